The van der Waals surface area contributed by atoms with Crippen molar-refractivity contribution in [1.82, 2.24) is 0 Å². The number of aliphatic hydroxyl groups is 1. The molecule has 4 nitrogen and oxygen atoms in total. The Balaban J connectivity index is 2.88. The van der Waals surface area contributed by atoms with Crippen molar-refractivity contribution in [2.45, 2.75) is 38.7 Å². The molecule has 1 aromatic carbocycles. The summed E-state index contributed by atoms with van der Waals surface area (Å²) in [4.78, 5) is 23.6. The zero-order chi connectivity index (χ0) is 14.5. The molecule has 1 N–H and O–H groups in total. The van der Waals surface area contributed by atoms with E-state index in [2.05, 4.69) is 0 Å². The number of methoxy groups -OCH3 is 1. The topological polar surface area (TPSA) is 63.6 Å². The molecule has 0 spiro atoms. The summed E-state index contributed by atoms with van der Waals surface area (Å²) >= 11 is 0. The van der Waals surface area contributed by atoms with E-state index in [1.807, 2.05) is 0 Å². The Kier molecular flexibility index (Phi) is 5.24. The van der Waals surface area contributed by atoms with E-state index in [0.717, 1.165) is 0 Å². The van der Waals surface area contributed by atoms with Crippen LogP contribution in [-0.2, 0) is 4.79 Å². The molecule has 0 aliphatic rings. The van der Waals surface area contributed by atoms with Crippen LogP contribution in [-0.4, -0.2) is 29.4 Å². The summed E-state index contributed by atoms with van der Waals surface area (Å²) in [7, 11) is 1.47. The lowest BCUT2D eigenvalue weighted by Gasteiger charge is -2.22. The Morgan fingerprint density at radius 1 is 1.32 bits per heavy atom. The number of hydrogen-bond donors (Lipinski definition) is 1. The maximum Gasteiger partial charge on any atom is 0.197 e. The molecule has 0 aliphatic carbocycles. The molecule has 0 aromatic heterocycles. The van der Waals surface area contributed by atoms with Crippen LogP contribution in [0.5, 0.6) is 5.75 Å². The number of ketones is 2. The summed E-state index contributed by atoms with van der Waals surface area (Å²) < 4.78 is 5.11. The number of hydrogen-bond acceptors (Lipinski definition) is 4. The summed E-state index contributed by atoms with van der Waals surface area (Å²) in [6.07, 6.45) is 0.736. The van der Waals surface area contributed by atoms with Crippen LogP contribution in [0.2, 0.25) is 0 Å². The monoisotopic (exact) mass is 264 g/mol. The van der Waals surface area contributed by atoms with Gasteiger partial charge in [-0.05, 0) is 25.5 Å². The van der Waals surface area contributed by atoms with Gasteiger partial charge in [0.2, 0.25) is 0 Å². The van der Waals surface area contributed by atoms with Crippen LogP contribution < -0.4 is 4.74 Å². The Morgan fingerprint density at radius 3 is 2.53 bits per heavy atom. The van der Waals surface area contributed by atoms with E-state index in [1.54, 1.807) is 31.2 Å². The first-order valence-electron chi connectivity index (χ1n) is 6.34. The number of benzene rings is 1. The van der Waals surface area contributed by atoms with Crippen molar-refractivity contribution < 1.29 is 19.4 Å². The van der Waals surface area contributed by atoms with E-state index < -0.39 is 11.4 Å². The summed E-state index contributed by atoms with van der Waals surface area (Å²) in [5.74, 6) is 0.0385. The number of ether oxygens (including phenoxy) is 1. The zero-order valence-corrected chi connectivity index (χ0v) is 11.6. The molecule has 0 saturated carbocycles. The third kappa shape index (κ3) is 3.89. The summed E-state index contributed by atoms with van der Waals surface area (Å²) in [5, 5.41) is 10.2. The second kappa shape index (κ2) is 6.48. The van der Waals surface area contributed by atoms with E-state index in [1.165, 1.54) is 14.0 Å². The van der Waals surface area contributed by atoms with Crippen molar-refractivity contribution in [2.24, 2.45) is 0 Å². The van der Waals surface area contributed by atoms with Crippen molar-refractivity contribution >= 4 is 11.6 Å². The highest BCUT2D eigenvalue weighted by molar-refractivity contribution is 6.04. The summed E-state index contributed by atoms with van der Waals surface area (Å²) in [6.45, 7) is 3.20. The smallest absolute Gasteiger partial charge is 0.197 e. The Bertz CT molecular complexity index is 463. The Morgan fingerprint density at radius 2 is 1.95 bits per heavy atom. The van der Waals surface area contributed by atoms with Gasteiger partial charge in [-0.15, -0.1) is 0 Å². The van der Waals surface area contributed by atoms with Gasteiger partial charge in [-0.1, -0.05) is 19.1 Å². The van der Waals surface area contributed by atoms with Crippen LogP contribution in [0.25, 0.3) is 0 Å². The van der Waals surface area contributed by atoms with Gasteiger partial charge in [-0.3, -0.25) is 9.59 Å². The largest absolute Gasteiger partial charge is 0.496 e. The highest BCUT2D eigenvalue weighted by Gasteiger charge is 2.32. The van der Waals surface area contributed by atoms with Crippen molar-refractivity contribution in [3.8, 4) is 5.75 Å². The normalized spacial score (nSPS) is 13.7. The van der Waals surface area contributed by atoms with Crippen LogP contribution in [0.15, 0.2) is 24.3 Å². The standard InChI is InChI=1S/C15H20O4/c1-4-11(16)9-10-15(2,18)14(17)12-7-5-6-8-13(12)19-3/h5-8,18H,4,9-10H2,1-3H3/t15-/m1/s1. The molecule has 104 valence electrons. The van der Waals surface area contributed by atoms with Crippen molar-refractivity contribution in [3.05, 3.63) is 29.8 Å². The SMILES string of the molecule is CCC(=O)CC[C@@](C)(O)C(=O)c1ccccc1OC. The lowest BCUT2D eigenvalue weighted by atomic mass is 9.89. The highest BCUT2D eigenvalue weighted by atomic mass is 16.5. The fourth-order valence-electron chi connectivity index (χ4n) is 1.80. The molecule has 0 unspecified atom stereocenters. The van der Waals surface area contributed by atoms with Crippen LogP contribution in [0.1, 0.15) is 43.5 Å². The van der Waals surface area contributed by atoms with Gasteiger partial charge >= 0.3 is 0 Å². The van der Waals surface area contributed by atoms with Gasteiger partial charge in [0.15, 0.2) is 5.78 Å². The number of Topliss-reactive ketones (excluding diaryl/α,β-unsaturated/α-hetero) is 2. The molecule has 1 rings (SSSR count). The molecule has 0 bridgehead atoms. The van der Waals surface area contributed by atoms with Gasteiger partial charge in [0.1, 0.15) is 17.1 Å². The second-order valence-corrected chi connectivity index (χ2v) is 4.70. The van der Waals surface area contributed by atoms with Gasteiger partial charge < -0.3 is 9.84 Å². The third-order valence-electron chi connectivity index (χ3n) is 3.13. The maximum atomic E-state index is 12.3. The lowest BCUT2D eigenvalue weighted by molar-refractivity contribution is -0.119. The molecule has 19 heavy (non-hydrogen) atoms. The first-order chi connectivity index (χ1) is 8.92. The maximum absolute atomic E-state index is 12.3. The van der Waals surface area contributed by atoms with E-state index in [0.29, 0.717) is 17.7 Å². The van der Waals surface area contributed by atoms with E-state index >= 15 is 0 Å². The third-order valence-corrected chi connectivity index (χ3v) is 3.13. The van der Waals surface area contributed by atoms with E-state index in [-0.39, 0.29) is 18.6 Å². The number of carbonyl (C=O) groups is 2. The van der Waals surface area contributed by atoms with Gasteiger partial charge in [-0.2, -0.15) is 0 Å². The van der Waals surface area contributed by atoms with Crippen LogP contribution >= 0.6 is 0 Å². The van der Waals surface area contributed by atoms with Gasteiger partial charge in [0.25, 0.3) is 0 Å². The molecule has 4 heteroatoms. The van der Waals surface area contributed by atoms with Crippen LogP contribution in [0.3, 0.4) is 0 Å². The number of rotatable bonds is 7. The van der Waals surface area contributed by atoms with Crippen molar-refractivity contribution in [3.63, 3.8) is 0 Å². The molecule has 0 heterocycles. The molecule has 0 radical (unpaired) electrons. The lowest BCUT2D eigenvalue weighted by Crippen LogP contribution is -2.36. The van der Waals surface area contributed by atoms with Gasteiger partial charge in [-0.25, -0.2) is 0 Å². The van der Waals surface area contributed by atoms with E-state index in [9.17, 15) is 14.7 Å². The predicted molar refractivity (Wildman–Crippen MR) is 72.5 cm³/mol. The highest BCUT2D eigenvalue weighted by Crippen LogP contribution is 2.25. The average molecular weight is 264 g/mol. The molecule has 0 saturated heterocycles. The number of para-hydroxylation sites is 1. The second-order valence-electron chi connectivity index (χ2n) is 4.70. The molecular formula is C15H20O4. The predicted octanol–water partition coefficient (Wildman–Crippen LogP) is 2.39. The molecule has 1 atom stereocenters. The minimum Gasteiger partial charge on any atom is -0.496 e. The fourth-order valence-corrected chi connectivity index (χ4v) is 1.80. The zero-order valence-electron chi connectivity index (χ0n) is 11.6. The fraction of sp³-hybridized carbons (Fsp3) is 0.467. The van der Waals surface area contributed by atoms with Crippen LogP contribution in [0.4, 0.5) is 0 Å². The minimum atomic E-state index is -1.56. The van der Waals surface area contributed by atoms with E-state index in [4.69, 9.17) is 4.74 Å². The molecular weight excluding hydrogens is 244 g/mol. The summed E-state index contributed by atoms with van der Waals surface area (Å²) in [5.41, 5.74) is -1.22. The van der Waals surface area contributed by atoms with Gasteiger partial charge in [0, 0.05) is 12.8 Å². The molecule has 1 aromatic rings. The molecule has 0 aliphatic heterocycles. The van der Waals surface area contributed by atoms with Crippen molar-refractivity contribution in [2.75, 3.05) is 7.11 Å². The van der Waals surface area contributed by atoms with Crippen molar-refractivity contribution in [1.29, 1.82) is 0 Å². The number of carbonyl (C=O) groups excluding carboxylic acids is 2. The quantitative estimate of drug-likeness (QED) is 0.768. The molecule has 0 amide bonds. The Labute approximate surface area is 113 Å². The minimum absolute atomic E-state index is 0.0353. The average Bonchev–Trinajstić information content (AvgIpc) is 2.43. The first kappa shape index (κ1) is 15.4. The van der Waals surface area contributed by atoms with Crippen LogP contribution in [0, 0.1) is 0 Å². The molecule has 0 fully saturated rings. The Hall–Kier alpha value is -1.68. The first-order valence-corrected chi connectivity index (χ1v) is 6.34. The summed E-state index contributed by atoms with van der Waals surface area (Å²) in [6, 6.07) is 6.74. The van der Waals surface area contributed by atoms with Gasteiger partial charge in [0.05, 0.1) is 12.7 Å².